The van der Waals surface area contributed by atoms with Gasteiger partial charge in [0.05, 0.1) is 14.2 Å². The molecule has 0 saturated heterocycles. The van der Waals surface area contributed by atoms with Crippen molar-refractivity contribution in [2.24, 2.45) is 0 Å². The van der Waals surface area contributed by atoms with Crippen LogP contribution in [0.3, 0.4) is 0 Å². The molecule has 1 fully saturated rings. The van der Waals surface area contributed by atoms with E-state index in [1.807, 2.05) is 18.2 Å². The number of benzene rings is 2. The van der Waals surface area contributed by atoms with E-state index < -0.39 is 0 Å². The summed E-state index contributed by atoms with van der Waals surface area (Å²) in [4.78, 5) is 26.3. The monoisotopic (exact) mass is 397 g/mol. The standard InChI is InChI=1S/C22H27N3O4/c1-25(12-11-15-7-10-19(28-2)20(13-15)29-3)22(27)24-18-6-4-5-16(14-18)21(26)23-17-8-9-17/h4-7,10,13-14,17H,8-9,11-12H2,1-3H3,(H,23,26)(H,24,27). The van der Waals surface area contributed by atoms with E-state index >= 15 is 0 Å². The highest BCUT2D eigenvalue weighted by atomic mass is 16.5. The molecule has 3 rings (SSSR count). The Bertz CT molecular complexity index is 880. The highest BCUT2D eigenvalue weighted by Crippen LogP contribution is 2.27. The van der Waals surface area contributed by atoms with Gasteiger partial charge in [-0.25, -0.2) is 4.79 Å². The van der Waals surface area contributed by atoms with Crippen LogP contribution in [0.4, 0.5) is 10.5 Å². The fourth-order valence-electron chi connectivity index (χ4n) is 2.89. The fraction of sp³-hybridized carbons (Fsp3) is 0.364. The van der Waals surface area contributed by atoms with Crippen molar-refractivity contribution < 1.29 is 19.1 Å². The van der Waals surface area contributed by atoms with Gasteiger partial charge in [0, 0.05) is 30.9 Å². The lowest BCUT2D eigenvalue weighted by Gasteiger charge is -2.18. The third-order valence-corrected chi connectivity index (χ3v) is 4.82. The molecule has 2 N–H and O–H groups in total. The van der Waals surface area contributed by atoms with Crippen molar-refractivity contribution in [1.82, 2.24) is 10.2 Å². The third kappa shape index (κ3) is 5.63. The highest BCUT2D eigenvalue weighted by molar-refractivity contribution is 5.97. The number of carbonyl (C=O) groups excluding carboxylic acids is 2. The number of rotatable bonds is 8. The van der Waals surface area contributed by atoms with Crippen molar-refractivity contribution in [1.29, 1.82) is 0 Å². The fourth-order valence-corrected chi connectivity index (χ4v) is 2.89. The van der Waals surface area contributed by atoms with Crippen LogP contribution in [-0.4, -0.2) is 50.7 Å². The number of ether oxygens (including phenoxy) is 2. The number of anilines is 1. The summed E-state index contributed by atoms with van der Waals surface area (Å²) in [5, 5.41) is 5.79. The van der Waals surface area contributed by atoms with Crippen LogP contribution >= 0.6 is 0 Å². The normalized spacial score (nSPS) is 12.8. The molecule has 0 aliphatic heterocycles. The van der Waals surface area contributed by atoms with Gasteiger partial charge in [-0.15, -0.1) is 0 Å². The van der Waals surface area contributed by atoms with E-state index in [0.29, 0.717) is 41.8 Å². The number of amides is 3. The van der Waals surface area contributed by atoms with E-state index in [1.54, 1.807) is 50.4 Å². The Hall–Kier alpha value is -3.22. The lowest BCUT2D eigenvalue weighted by molar-refractivity contribution is 0.0951. The van der Waals surface area contributed by atoms with Crippen LogP contribution < -0.4 is 20.1 Å². The van der Waals surface area contributed by atoms with Gasteiger partial charge in [0.1, 0.15) is 0 Å². The topological polar surface area (TPSA) is 79.9 Å². The molecule has 0 bridgehead atoms. The molecule has 0 aromatic heterocycles. The van der Waals surface area contributed by atoms with Crippen molar-refractivity contribution in [2.75, 3.05) is 33.1 Å². The van der Waals surface area contributed by atoms with Crippen molar-refractivity contribution in [3.63, 3.8) is 0 Å². The summed E-state index contributed by atoms with van der Waals surface area (Å²) in [6.45, 7) is 0.531. The quantitative estimate of drug-likeness (QED) is 0.716. The summed E-state index contributed by atoms with van der Waals surface area (Å²) in [5.41, 5.74) is 2.18. The Kier molecular flexibility index (Phi) is 6.59. The highest BCUT2D eigenvalue weighted by Gasteiger charge is 2.23. The molecule has 2 aromatic carbocycles. The van der Waals surface area contributed by atoms with Crippen molar-refractivity contribution >= 4 is 17.6 Å². The largest absolute Gasteiger partial charge is 0.493 e. The van der Waals surface area contributed by atoms with Gasteiger partial charge in [-0.2, -0.15) is 0 Å². The van der Waals surface area contributed by atoms with Gasteiger partial charge in [0.15, 0.2) is 11.5 Å². The number of hydrogen-bond acceptors (Lipinski definition) is 4. The second-order valence-corrected chi connectivity index (χ2v) is 7.12. The molecule has 0 radical (unpaired) electrons. The van der Waals surface area contributed by atoms with E-state index in [1.165, 1.54) is 0 Å². The number of methoxy groups -OCH3 is 2. The van der Waals surface area contributed by atoms with Crippen molar-refractivity contribution in [3.05, 3.63) is 53.6 Å². The average Bonchev–Trinajstić information content (AvgIpc) is 3.55. The van der Waals surface area contributed by atoms with Gasteiger partial charge in [-0.3, -0.25) is 4.79 Å². The number of hydrogen-bond donors (Lipinski definition) is 2. The van der Waals surface area contributed by atoms with Crippen LogP contribution in [0.15, 0.2) is 42.5 Å². The zero-order chi connectivity index (χ0) is 20.8. The first-order valence-electron chi connectivity index (χ1n) is 9.64. The molecule has 154 valence electrons. The number of carbonyl (C=O) groups is 2. The zero-order valence-corrected chi connectivity index (χ0v) is 17.0. The van der Waals surface area contributed by atoms with Crippen LogP contribution in [0.2, 0.25) is 0 Å². The molecular weight excluding hydrogens is 370 g/mol. The lowest BCUT2D eigenvalue weighted by atomic mass is 10.1. The average molecular weight is 397 g/mol. The molecule has 0 heterocycles. The molecule has 29 heavy (non-hydrogen) atoms. The first-order chi connectivity index (χ1) is 14.0. The van der Waals surface area contributed by atoms with Gasteiger partial charge >= 0.3 is 6.03 Å². The number of nitrogens with zero attached hydrogens (tertiary/aromatic N) is 1. The maximum Gasteiger partial charge on any atom is 0.321 e. The molecule has 2 aromatic rings. The summed E-state index contributed by atoms with van der Waals surface area (Å²) < 4.78 is 10.6. The van der Waals surface area contributed by atoms with E-state index in [9.17, 15) is 9.59 Å². The van der Waals surface area contributed by atoms with Gasteiger partial charge in [-0.1, -0.05) is 12.1 Å². The maximum absolute atomic E-state index is 12.5. The molecule has 0 spiro atoms. The predicted molar refractivity (Wildman–Crippen MR) is 112 cm³/mol. The molecule has 7 heteroatoms. The lowest BCUT2D eigenvalue weighted by Crippen LogP contribution is -2.33. The van der Waals surface area contributed by atoms with Gasteiger partial charge in [0.2, 0.25) is 0 Å². The zero-order valence-electron chi connectivity index (χ0n) is 17.0. The SMILES string of the molecule is COc1ccc(CCN(C)C(=O)Nc2cccc(C(=O)NC3CC3)c2)cc1OC. The summed E-state index contributed by atoms with van der Waals surface area (Å²) in [6.07, 6.45) is 2.74. The Labute approximate surface area is 171 Å². The Morgan fingerprint density at radius 1 is 1.07 bits per heavy atom. The van der Waals surface area contributed by atoms with E-state index in [-0.39, 0.29) is 11.9 Å². The van der Waals surface area contributed by atoms with Gasteiger partial charge in [-0.05, 0) is 55.2 Å². The Morgan fingerprint density at radius 2 is 1.83 bits per heavy atom. The smallest absolute Gasteiger partial charge is 0.321 e. The second-order valence-electron chi connectivity index (χ2n) is 7.12. The number of likely N-dealkylation sites (N-methyl/N-ethyl adjacent to an activating group) is 1. The Balaban J connectivity index is 1.54. The van der Waals surface area contributed by atoms with Crippen molar-refractivity contribution in [2.45, 2.75) is 25.3 Å². The van der Waals surface area contributed by atoms with E-state index in [4.69, 9.17) is 9.47 Å². The number of nitrogens with one attached hydrogen (secondary N) is 2. The summed E-state index contributed by atoms with van der Waals surface area (Å²) in [7, 11) is 4.93. The molecule has 1 aliphatic rings. The molecule has 0 atom stereocenters. The van der Waals surface area contributed by atoms with Crippen LogP contribution in [0.5, 0.6) is 11.5 Å². The molecule has 1 saturated carbocycles. The van der Waals surface area contributed by atoms with Crippen LogP contribution in [0, 0.1) is 0 Å². The summed E-state index contributed by atoms with van der Waals surface area (Å²) in [6, 6.07) is 12.8. The van der Waals surface area contributed by atoms with Gasteiger partial charge in [0.25, 0.3) is 5.91 Å². The minimum Gasteiger partial charge on any atom is -0.493 e. The first-order valence-corrected chi connectivity index (χ1v) is 9.64. The molecule has 0 unspecified atom stereocenters. The molecule has 3 amide bonds. The minimum atomic E-state index is -0.231. The minimum absolute atomic E-state index is 0.106. The number of urea groups is 1. The Morgan fingerprint density at radius 3 is 2.52 bits per heavy atom. The van der Waals surface area contributed by atoms with Crippen LogP contribution in [0.1, 0.15) is 28.8 Å². The van der Waals surface area contributed by atoms with Crippen molar-refractivity contribution in [3.8, 4) is 11.5 Å². The molecular formula is C22H27N3O4. The summed E-state index contributed by atoms with van der Waals surface area (Å²) >= 11 is 0. The van der Waals surface area contributed by atoms with Gasteiger partial charge < -0.3 is 25.0 Å². The maximum atomic E-state index is 12.5. The predicted octanol–water partition coefficient (Wildman–Crippen LogP) is 3.30. The van der Waals surface area contributed by atoms with E-state index in [0.717, 1.165) is 18.4 Å². The second kappa shape index (κ2) is 9.32. The first kappa shape index (κ1) is 20.5. The molecule has 1 aliphatic carbocycles. The summed E-state index contributed by atoms with van der Waals surface area (Å²) in [5.74, 6) is 1.23. The van der Waals surface area contributed by atoms with Crippen LogP contribution in [-0.2, 0) is 6.42 Å². The van der Waals surface area contributed by atoms with E-state index in [2.05, 4.69) is 10.6 Å². The molecule has 7 nitrogen and oxygen atoms in total. The van der Waals surface area contributed by atoms with Crippen LogP contribution in [0.25, 0.3) is 0 Å². The third-order valence-electron chi connectivity index (χ3n) is 4.82.